The molecule has 0 heterocycles. The van der Waals surface area contributed by atoms with Gasteiger partial charge in [0.25, 0.3) is 0 Å². The van der Waals surface area contributed by atoms with Gasteiger partial charge in [-0.05, 0) is 27.6 Å². The predicted octanol–water partition coefficient (Wildman–Crippen LogP) is 4.82. The molecule has 0 N–H and O–H groups in total. The van der Waals surface area contributed by atoms with Crippen molar-refractivity contribution in [2.24, 2.45) is 0 Å². The minimum absolute atomic E-state index is 0.155. The number of ether oxygens (including phenoxy) is 1. The fraction of sp³-hybridized carbons (Fsp3) is 0.0769. The second-order valence-electron chi connectivity index (χ2n) is 3.47. The van der Waals surface area contributed by atoms with E-state index in [-0.39, 0.29) is 5.75 Å². The Bertz CT molecular complexity index is 516. The van der Waals surface area contributed by atoms with Gasteiger partial charge in [0.05, 0.1) is 5.02 Å². The highest BCUT2D eigenvalue weighted by molar-refractivity contribution is 9.10. The van der Waals surface area contributed by atoms with Gasteiger partial charge in [-0.15, -0.1) is 0 Å². The number of hydrogen-bond donors (Lipinski definition) is 0. The van der Waals surface area contributed by atoms with E-state index in [0.29, 0.717) is 16.1 Å². The van der Waals surface area contributed by atoms with Crippen molar-refractivity contribution in [2.45, 2.75) is 6.61 Å². The first-order chi connectivity index (χ1) is 8.16. The first kappa shape index (κ1) is 12.4. The van der Waals surface area contributed by atoms with Gasteiger partial charge < -0.3 is 4.74 Å². The average molecular weight is 316 g/mol. The molecule has 2 aromatic carbocycles. The molecule has 4 heteroatoms. The highest BCUT2D eigenvalue weighted by Gasteiger charge is 2.08. The molecule has 0 aliphatic carbocycles. The Kier molecular flexibility index (Phi) is 4.02. The molecule has 17 heavy (non-hydrogen) atoms. The molecule has 88 valence electrons. The summed E-state index contributed by atoms with van der Waals surface area (Å²) in [4.78, 5) is 0. The van der Waals surface area contributed by atoms with Crippen molar-refractivity contribution >= 4 is 27.5 Å². The Balaban J connectivity index is 2.12. The summed E-state index contributed by atoms with van der Waals surface area (Å²) < 4.78 is 19.4. The Hall–Kier alpha value is -1.06. The number of hydrogen-bond acceptors (Lipinski definition) is 1. The SMILES string of the molecule is Fc1cc(Br)c(Cl)cc1OCc1ccccc1. The van der Waals surface area contributed by atoms with Crippen LogP contribution in [0.3, 0.4) is 0 Å². The zero-order valence-corrected chi connectivity index (χ0v) is 11.1. The summed E-state index contributed by atoms with van der Waals surface area (Å²) in [7, 11) is 0. The molecule has 0 radical (unpaired) electrons. The molecule has 0 fully saturated rings. The standard InChI is InChI=1S/C13H9BrClFO/c14-10-6-12(16)13(7-11(10)15)17-8-9-4-2-1-3-5-9/h1-7H,8H2. The first-order valence-corrected chi connectivity index (χ1v) is 6.15. The Morgan fingerprint density at radius 2 is 1.88 bits per heavy atom. The van der Waals surface area contributed by atoms with E-state index < -0.39 is 5.82 Å². The van der Waals surface area contributed by atoms with Crippen LogP contribution >= 0.6 is 27.5 Å². The summed E-state index contributed by atoms with van der Waals surface area (Å²) in [5.74, 6) is -0.278. The molecule has 0 aromatic heterocycles. The van der Waals surface area contributed by atoms with E-state index in [2.05, 4.69) is 15.9 Å². The number of rotatable bonds is 3. The summed E-state index contributed by atoms with van der Waals surface area (Å²) in [6, 6.07) is 12.3. The van der Waals surface area contributed by atoms with Gasteiger partial charge in [-0.2, -0.15) is 0 Å². The van der Waals surface area contributed by atoms with E-state index in [1.165, 1.54) is 12.1 Å². The molecule has 0 bridgehead atoms. The lowest BCUT2D eigenvalue weighted by Crippen LogP contribution is -1.97. The summed E-state index contributed by atoms with van der Waals surface area (Å²) in [5.41, 5.74) is 0.978. The fourth-order valence-corrected chi connectivity index (χ4v) is 1.82. The quantitative estimate of drug-likeness (QED) is 0.738. The molecular weight excluding hydrogens is 306 g/mol. The van der Waals surface area contributed by atoms with Crippen LogP contribution in [0.4, 0.5) is 4.39 Å². The van der Waals surface area contributed by atoms with Crippen molar-refractivity contribution in [2.75, 3.05) is 0 Å². The summed E-state index contributed by atoms with van der Waals surface area (Å²) in [6.07, 6.45) is 0. The molecule has 1 nitrogen and oxygen atoms in total. The third-order valence-corrected chi connectivity index (χ3v) is 3.41. The third-order valence-electron chi connectivity index (χ3n) is 2.21. The van der Waals surface area contributed by atoms with Crippen LogP contribution in [0.1, 0.15) is 5.56 Å². The molecule has 0 aliphatic heterocycles. The fourth-order valence-electron chi connectivity index (χ4n) is 1.35. The van der Waals surface area contributed by atoms with Crippen LogP contribution in [0.2, 0.25) is 5.02 Å². The molecule has 2 rings (SSSR count). The topological polar surface area (TPSA) is 9.23 Å². The lowest BCUT2D eigenvalue weighted by Gasteiger charge is -2.08. The van der Waals surface area contributed by atoms with E-state index in [9.17, 15) is 4.39 Å². The zero-order chi connectivity index (χ0) is 12.3. The molecule has 0 aliphatic rings. The van der Waals surface area contributed by atoms with Crippen LogP contribution in [0.5, 0.6) is 5.75 Å². The van der Waals surface area contributed by atoms with Crippen LogP contribution in [-0.2, 0) is 6.61 Å². The molecule has 0 spiro atoms. The molecule has 0 amide bonds. The number of benzene rings is 2. The van der Waals surface area contributed by atoms with Crippen LogP contribution in [-0.4, -0.2) is 0 Å². The lowest BCUT2D eigenvalue weighted by molar-refractivity contribution is 0.290. The average Bonchev–Trinajstić information content (AvgIpc) is 2.33. The van der Waals surface area contributed by atoms with Gasteiger partial charge in [0.2, 0.25) is 0 Å². The van der Waals surface area contributed by atoms with Gasteiger partial charge in [-0.25, -0.2) is 4.39 Å². The van der Waals surface area contributed by atoms with E-state index in [1.54, 1.807) is 0 Å². The van der Waals surface area contributed by atoms with E-state index in [1.807, 2.05) is 30.3 Å². The summed E-state index contributed by atoms with van der Waals surface area (Å²) in [6.45, 7) is 0.315. The van der Waals surface area contributed by atoms with Gasteiger partial charge in [0.15, 0.2) is 11.6 Å². The van der Waals surface area contributed by atoms with E-state index >= 15 is 0 Å². The monoisotopic (exact) mass is 314 g/mol. The maximum atomic E-state index is 13.5. The Labute approximate surface area is 112 Å². The largest absolute Gasteiger partial charge is 0.486 e. The van der Waals surface area contributed by atoms with Gasteiger partial charge in [-0.1, -0.05) is 41.9 Å². The van der Waals surface area contributed by atoms with Crippen LogP contribution in [0.15, 0.2) is 46.9 Å². The molecule has 0 atom stereocenters. The van der Waals surface area contributed by atoms with Crippen molar-refractivity contribution in [3.8, 4) is 5.75 Å². The van der Waals surface area contributed by atoms with E-state index in [0.717, 1.165) is 5.56 Å². The minimum atomic E-state index is -0.433. The molecule has 0 saturated heterocycles. The van der Waals surface area contributed by atoms with Crippen molar-refractivity contribution in [3.63, 3.8) is 0 Å². The highest BCUT2D eigenvalue weighted by Crippen LogP contribution is 2.30. The van der Waals surface area contributed by atoms with Gasteiger partial charge >= 0.3 is 0 Å². The smallest absolute Gasteiger partial charge is 0.166 e. The van der Waals surface area contributed by atoms with Gasteiger partial charge in [0.1, 0.15) is 6.61 Å². The highest BCUT2D eigenvalue weighted by atomic mass is 79.9. The zero-order valence-electron chi connectivity index (χ0n) is 8.79. The van der Waals surface area contributed by atoms with Crippen molar-refractivity contribution in [1.29, 1.82) is 0 Å². The minimum Gasteiger partial charge on any atom is -0.486 e. The predicted molar refractivity (Wildman–Crippen MR) is 69.9 cm³/mol. The maximum absolute atomic E-state index is 13.5. The molecular formula is C13H9BrClFO. The van der Waals surface area contributed by atoms with Gasteiger partial charge in [-0.3, -0.25) is 0 Å². The second kappa shape index (κ2) is 5.52. The van der Waals surface area contributed by atoms with Crippen LogP contribution in [0, 0.1) is 5.82 Å². The Morgan fingerprint density at radius 1 is 1.18 bits per heavy atom. The maximum Gasteiger partial charge on any atom is 0.166 e. The van der Waals surface area contributed by atoms with Crippen LogP contribution < -0.4 is 4.74 Å². The Morgan fingerprint density at radius 3 is 2.59 bits per heavy atom. The first-order valence-electron chi connectivity index (χ1n) is 4.98. The van der Waals surface area contributed by atoms with Gasteiger partial charge in [0, 0.05) is 10.5 Å². The van der Waals surface area contributed by atoms with Crippen molar-refractivity contribution in [1.82, 2.24) is 0 Å². The number of halogens is 3. The third kappa shape index (κ3) is 3.20. The van der Waals surface area contributed by atoms with Crippen molar-refractivity contribution in [3.05, 3.63) is 63.3 Å². The molecule has 2 aromatic rings. The lowest BCUT2D eigenvalue weighted by atomic mass is 10.2. The molecule has 0 unspecified atom stereocenters. The molecule has 0 saturated carbocycles. The summed E-state index contributed by atoms with van der Waals surface area (Å²) in [5, 5.41) is 0.425. The van der Waals surface area contributed by atoms with Crippen molar-refractivity contribution < 1.29 is 9.13 Å². The van der Waals surface area contributed by atoms with E-state index in [4.69, 9.17) is 16.3 Å². The second-order valence-corrected chi connectivity index (χ2v) is 4.73. The normalized spacial score (nSPS) is 10.3. The van der Waals surface area contributed by atoms with Crippen LogP contribution in [0.25, 0.3) is 0 Å². The summed E-state index contributed by atoms with van der Waals surface area (Å²) >= 11 is 9.02.